The summed E-state index contributed by atoms with van der Waals surface area (Å²) in [6.07, 6.45) is 3.04. The Balaban J connectivity index is 2.32. The van der Waals surface area contributed by atoms with Crippen molar-refractivity contribution >= 4 is 29.3 Å². The average molecular weight is 460 g/mol. The zero-order valence-corrected chi connectivity index (χ0v) is 19.0. The van der Waals surface area contributed by atoms with Gasteiger partial charge >= 0.3 is 17.9 Å². The number of allylic oxidation sites excluding steroid dienone is 2. The van der Waals surface area contributed by atoms with Crippen molar-refractivity contribution in [2.24, 2.45) is 17.3 Å². The van der Waals surface area contributed by atoms with Gasteiger partial charge in [0, 0.05) is 0 Å². The highest BCUT2D eigenvalue weighted by molar-refractivity contribution is 6.35. The molecule has 0 saturated carbocycles. The second kappa shape index (κ2) is 8.41. The lowest BCUT2D eigenvalue weighted by Gasteiger charge is -2.52. The largest absolute Gasteiger partial charge is 0.481 e. The first-order valence-corrected chi connectivity index (χ1v) is 10.8. The zero-order valence-electron chi connectivity index (χ0n) is 19.0. The second-order valence-corrected chi connectivity index (χ2v) is 8.40. The molecule has 0 spiro atoms. The molecule has 4 atom stereocenters. The molecule has 2 aliphatic rings. The Morgan fingerprint density at radius 2 is 1.47 bits per heavy atom. The topological polar surface area (TPSA) is 107 Å². The van der Waals surface area contributed by atoms with E-state index in [1.54, 1.807) is 67.6 Å². The number of ether oxygens (including phenoxy) is 2. The number of hydrogen-bond acceptors (Lipinski definition) is 6. The highest BCUT2D eigenvalue weighted by atomic mass is 16.5. The summed E-state index contributed by atoms with van der Waals surface area (Å²) in [6, 6.07) is 17.1. The number of carbonyl (C=O) groups is 4. The molecule has 2 aromatic carbocycles. The predicted octanol–water partition coefficient (Wildman–Crippen LogP) is 3.20. The van der Waals surface area contributed by atoms with Crippen molar-refractivity contribution in [1.29, 1.82) is 0 Å². The predicted molar refractivity (Wildman–Crippen MR) is 122 cm³/mol. The summed E-state index contributed by atoms with van der Waals surface area (Å²) in [7, 11) is 2.29. The molecule has 4 rings (SSSR count). The summed E-state index contributed by atoms with van der Waals surface area (Å²) in [5, 5.41) is 10.4. The quantitative estimate of drug-likeness (QED) is 0.316. The van der Waals surface area contributed by atoms with E-state index in [0.717, 1.165) is 14.2 Å². The minimum absolute atomic E-state index is 0.144. The van der Waals surface area contributed by atoms with E-state index in [1.807, 2.05) is 0 Å². The molecule has 0 aliphatic heterocycles. The van der Waals surface area contributed by atoms with E-state index in [0.29, 0.717) is 11.1 Å². The number of carboxylic acids is 1. The third kappa shape index (κ3) is 2.76. The molecule has 7 nitrogen and oxygen atoms in total. The van der Waals surface area contributed by atoms with E-state index in [1.165, 1.54) is 12.2 Å². The lowest BCUT2D eigenvalue weighted by molar-refractivity contribution is -0.166. The van der Waals surface area contributed by atoms with Crippen LogP contribution in [0.1, 0.15) is 18.1 Å². The van der Waals surface area contributed by atoms with Crippen LogP contribution in [-0.4, -0.2) is 43.0 Å². The molecule has 34 heavy (non-hydrogen) atoms. The smallest absolute Gasteiger partial charge is 0.341 e. The first kappa shape index (κ1) is 23.2. The van der Waals surface area contributed by atoms with Gasteiger partial charge < -0.3 is 14.6 Å². The SMILES string of the molecule is COC(=O)C1=C(c2ccccc2)[C@@]2(c3ccccc3)[C@@H](C(=O)O)C=C[C@H](C)[C@@]2(C(=O)OC)C1=O. The van der Waals surface area contributed by atoms with Crippen LogP contribution >= 0.6 is 0 Å². The Morgan fingerprint density at radius 3 is 2.00 bits per heavy atom. The van der Waals surface area contributed by atoms with Gasteiger partial charge in [0.15, 0.2) is 11.2 Å². The third-order valence-corrected chi connectivity index (χ3v) is 7.05. The van der Waals surface area contributed by atoms with E-state index < -0.39 is 46.4 Å². The van der Waals surface area contributed by atoms with Crippen molar-refractivity contribution < 1.29 is 33.8 Å². The van der Waals surface area contributed by atoms with Gasteiger partial charge in [-0.05, 0) is 22.6 Å². The maximum atomic E-state index is 14.3. The monoisotopic (exact) mass is 460 g/mol. The van der Waals surface area contributed by atoms with Gasteiger partial charge in [0.2, 0.25) is 0 Å². The van der Waals surface area contributed by atoms with Crippen LogP contribution in [0.5, 0.6) is 0 Å². The summed E-state index contributed by atoms with van der Waals surface area (Å²) >= 11 is 0. The van der Waals surface area contributed by atoms with E-state index in [4.69, 9.17) is 9.47 Å². The van der Waals surface area contributed by atoms with E-state index in [-0.39, 0.29) is 11.1 Å². The molecule has 0 amide bonds. The number of ketones is 1. The molecular formula is C27H24O7. The number of carboxylic acid groups (broad SMARTS) is 1. The molecule has 1 N–H and O–H groups in total. The Labute approximate surface area is 196 Å². The van der Waals surface area contributed by atoms with Crippen molar-refractivity contribution in [3.8, 4) is 0 Å². The van der Waals surface area contributed by atoms with Crippen LogP contribution in [0.4, 0.5) is 0 Å². The minimum Gasteiger partial charge on any atom is -0.481 e. The van der Waals surface area contributed by atoms with Crippen LogP contribution in [-0.2, 0) is 34.1 Å². The third-order valence-electron chi connectivity index (χ3n) is 7.05. The maximum Gasteiger partial charge on any atom is 0.341 e. The van der Waals surface area contributed by atoms with Crippen molar-refractivity contribution in [2.45, 2.75) is 12.3 Å². The van der Waals surface area contributed by atoms with Crippen molar-refractivity contribution in [2.75, 3.05) is 14.2 Å². The van der Waals surface area contributed by atoms with Gasteiger partial charge in [-0.3, -0.25) is 14.4 Å². The fourth-order valence-corrected chi connectivity index (χ4v) is 5.81. The van der Waals surface area contributed by atoms with Gasteiger partial charge in [0.25, 0.3) is 0 Å². The number of carbonyl (C=O) groups excluding carboxylic acids is 3. The minimum atomic E-state index is -2.05. The highest BCUT2D eigenvalue weighted by Gasteiger charge is 2.76. The van der Waals surface area contributed by atoms with Gasteiger partial charge in [0.05, 0.1) is 25.6 Å². The molecule has 0 fully saturated rings. The molecule has 2 aliphatic carbocycles. The number of hydrogen-bond donors (Lipinski definition) is 1. The Hall–Kier alpha value is -4.00. The fourth-order valence-electron chi connectivity index (χ4n) is 5.81. The number of esters is 2. The Bertz CT molecular complexity index is 1230. The van der Waals surface area contributed by atoms with Crippen LogP contribution in [0.3, 0.4) is 0 Å². The molecule has 174 valence electrons. The molecule has 0 radical (unpaired) electrons. The first-order valence-electron chi connectivity index (χ1n) is 10.8. The molecule has 0 heterocycles. The van der Waals surface area contributed by atoms with E-state index >= 15 is 0 Å². The van der Waals surface area contributed by atoms with Crippen molar-refractivity contribution in [3.05, 3.63) is 89.5 Å². The standard InChI is InChI=1S/C27H24O7/c1-16-14-15-19(23(29)30)27(18-12-8-5-9-13-18)21(17-10-6-4-7-11-17)20(24(31)33-2)22(28)26(16,27)25(32)34-3/h4-16,19H,1-3H3,(H,29,30)/t16-,19+,26-,27+/m0/s1. The van der Waals surface area contributed by atoms with E-state index in [2.05, 4.69) is 0 Å². The summed E-state index contributed by atoms with van der Waals surface area (Å²) < 4.78 is 10.2. The molecule has 7 heteroatoms. The Kier molecular flexibility index (Phi) is 5.73. The first-order chi connectivity index (χ1) is 16.3. The average Bonchev–Trinajstić information content (AvgIpc) is 3.11. The number of rotatable bonds is 5. The lowest BCUT2D eigenvalue weighted by atomic mass is 9.46. The highest BCUT2D eigenvalue weighted by Crippen LogP contribution is 2.67. The van der Waals surface area contributed by atoms with Crippen molar-refractivity contribution in [1.82, 2.24) is 0 Å². The van der Waals surface area contributed by atoms with Gasteiger partial charge in [-0.1, -0.05) is 79.7 Å². The lowest BCUT2D eigenvalue weighted by Crippen LogP contribution is -2.62. The number of methoxy groups -OCH3 is 2. The number of aliphatic carboxylic acids is 1. The Morgan fingerprint density at radius 1 is 0.882 bits per heavy atom. The van der Waals surface area contributed by atoms with Gasteiger partial charge in [-0.15, -0.1) is 0 Å². The van der Waals surface area contributed by atoms with Gasteiger partial charge in [-0.2, -0.15) is 0 Å². The van der Waals surface area contributed by atoms with Crippen LogP contribution < -0.4 is 0 Å². The zero-order chi connectivity index (χ0) is 24.7. The van der Waals surface area contributed by atoms with Gasteiger partial charge in [-0.25, -0.2) is 4.79 Å². The van der Waals surface area contributed by atoms with Crippen LogP contribution in [0.2, 0.25) is 0 Å². The normalized spacial score (nSPS) is 27.8. The maximum absolute atomic E-state index is 14.3. The van der Waals surface area contributed by atoms with E-state index in [9.17, 15) is 24.3 Å². The number of fused-ring (bicyclic) bond motifs is 1. The summed E-state index contributed by atoms with van der Waals surface area (Å²) in [4.78, 5) is 54.0. The number of benzene rings is 2. The molecule has 0 saturated heterocycles. The van der Waals surface area contributed by atoms with Crippen LogP contribution in [0, 0.1) is 17.3 Å². The fraction of sp³-hybridized carbons (Fsp3) is 0.259. The summed E-state index contributed by atoms with van der Waals surface area (Å²) in [6.45, 7) is 1.66. The molecule has 0 unspecified atom stereocenters. The van der Waals surface area contributed by atoms with Crippen molar-refractivity contribution in [3.63, 3.8) is 0 Å². The van der Waals surface area contributed by atoms with Crippen LogP contribution in [0.15, 0.2) is 78.4 Å². The van der Waals surface area contributed by atoms with Crippen LogP contribution in [0.25, 0.3) is 5.57 Å². The second-order valence-electron chi connectivity index (χ2n) is 8.40. The summed E-state index contributed by atoms with van der Waals surface area (Å²) in [5.74, 6) is -6.04. The summed E-state index contributed by atoms with van der Waals surface area (Å²) in [5.41, 5.74) is -3.16. The molecule has 2 aromatic rings. The van der Waals surface area contributed by atoms with Gasteiger partial charge in [0.1, 0.15) is 5.57 Å². The molecular weight excluding hydrogens is 436 g/mol. The molecule has 0 aromatic heterocycles. The number of Topliss-reactive ketones (excluding diaryl/α,β-unsaturated/α-hetero) is 1. The molecule has 0 bridgehead atoms.